The van der Waals surface area contributed by atoms with Crippen molar-refractivity contribution >= 4 is 23.3 Å². The molecule has 2 heterocycles. The molecule has 0 amide bonds. The zero-order valence-corrected chi connectivity index (χ0v) is 15.1. The van der Waals surface area contributed by atoms with E-state index in [1.807, 2.05) is 18.2 Å². The normalized spacial score (nSPS) is 15.2. The molecule has 1 aromatic heterocycles. The Morgan fingerprint density at radius 2 is 1.85 bits per heavy atom. The topological polar surface area (TPSA) is 78.7 Å². The number of anilines is 1. The van der Waals surface area contributed by atoms with Crippen LogP contribution in [0.4, 0.5) is 5.69 Å². The van der Waals surface area contributed by atoms with Gasteiger partial charge in [-0.15, -0.1) is 0 Å². The number of aliphatic carboxylic acids is 1. The Bertz CT molecular complexity index is 817. The summed E-state index contributed by atoms with van der Waals surface area (Å²) in [6.07, 6.45) is 2.47. The second-order valence-corrected chi connectivity index (χ2v) is 6.60. The lowest BCUT2D eigenvalue weighted by molar-refractivity contribution is -0.137. The van der Waals surface area contributed by atoms with Gasteiger partial charge in [0.25, 0.3) is 5.56 Å². The Balaban J connectivity index is 1.67. The smallest absolute Gasteiger partial charge is 0.303 e. The molecule has 1 aliphatic heterocycles. The first kappa shape index (κ1) is 18.4. The number of piperazine rings is 1. The SMILES string of the molecule is O=C(O)CCCN1CCN(c2cnn(-c3ccccc3)c(=O)c2Cl)CC1. The summed E-state index contributed by atoms with van der Waals surface area (Å²) in [4.78, 5) is 27.5. The predicted octanol–water partition coefficient (Wildman–Crippen LogP) is 1.87. The van der Waals surface area contributed by atoms with E-state index < -0.39 is 5.97 Å². The summed E-state index contributed by atoms with van der Waals surface area (Å²) in [5, 5.41) is 13.2. The summed E-state index contributed by atoms with van der Waals surface area (Å²) >= 11 is 6.34. The number of carboxylic acids is 1. The Morgan fingerprint density at radius 3 is 2.50 bits per heavy atom. The van der Waals surface area contributed by atoms with Crippen LogP contribution in [-0.2, 0) is 4.79 Å². The first-order valence-corrected chi connectivity index (χ1v) is 8.96. The number of nitrogens with zero attached hydrogens (tertiary/aromatic N) is 4. The molecule has 0 atom stereocenters. The molecule has 26 heavy (non-hydrogen) atoms. The molecule has 138 valence electrons. The second kappa shape index (κ2) is 8.33. The van der Waals surface area contributed by atoms with Crippen LogP contribution >= 0.6 is 11.6 Å². The molecular weight excluding hydrogens is 356 g/mol. The number of hydrogen-bond acceptors (Lipinski definition) is 5. The molecule has 0 bridgehead atoms. The Labute approximate surface area is 156 Å². The summed E-state index contributed by atoms with van der Waals surface area (Å²) in [5.41, 5.74) is 0.988. The number of para-hydroxylation sites is 1. The zero-order valence-electron chi connectivity index (χ0n) is 14.3. The van der Waals surface area contributed by atoms with E-state index in [2.05, 4.69) is 14.9 Å². The first-order valence-electron chi connectivity index (χ1n) is 8.58. The van der Waals surface area contributed by atoms with Crippen LogP contribution in [0.25, 0.3) is 5.69 Å². The van der Waals surface area contributed by atoms with Crippen molar-refractivity contribution in [2.75, 3.05) is 37.6 Å². The fourth-order valence-corrected chi connectivity index (χ4v) is 3.31. The average molecular weight is 377 g/mol. The van der Waals surface area contributed by atoms with Crippen LogP contribution in [0, 0.1) is 0 Å². The Morgan fingerprint density at radius 1 is 1.15 bits per heavy atom. The second-order valence-electron chi connectivity index (χ2n) is 6.22. The summed E-state index contributed by atoms with van der Waals surface area (Å²) in [6, 6.07) is 9.17. The van der Waals surface area contributed by atoms with Crippen molar-refractivity contribution in [3.8, 4) is 5.69 Å². The molecule has 1 aromatic carbocycles. The van der Waals surface area contributed by atoms with Gasteiger partial charge in [0.2, 0.25) is 0 Å². The van der Waals surface area contributed by atoms with E-state index in [-0.39, 0.29) is 17.0 Å². The number of rotatable bonds is 6. The van der Waals surface area contributed by atoms with Crippen molar-refractivity contribution in [1.82, 2.24) is 14.7 Å². The standard InChI is InChI=1S/C18H21ClN4O3/c19-17-15(13-20-23(18(17)26)14-5-2-1-3-6-14)22-11-9-21(10-12-22)8-4-7-16(24)25/h1-3,5-6,13H,4,7-12H2,(H,24,25). The lowest BCUT2D eigenvalue weighted by Crippen LogP contribution is -2.47. The zero-order chi connectivity index (χ0) is 18.5. The Hall–Kier alpha value is -2.38. The molecule has 0 aliphatic carbocycles. The van der Waals surface area contributed by atoms with Gasteiger partial charge in [-0.25, -0.2) is 0 Å². The van der Waals surface area contributed by atoms with Gasteiger partial charge in [-0.05, 0) is 25.1 Å². The molecule has 2 aromatic rings. The lowest BCUT2D eigenvalue weighted by atomic mass is 10.2. The number of benzene rings is 1. The van der Waals surface area contributed by atoms with Crippen LogP contribution < -0.4 is 10.5 Å². The number of halogens is 1. The number of carboxylic acid groups (broad SMARTS) is 1. The number of carbonyl (C=O) groups is 1. The quantitative estimate of drug-likeness (QED) is 0.829. The first-order chi connectivity index (χ1) is 12.6. The van der Waals surface area contributed by atoms with Crippen molar-refractivity contribution < 1.29 is 9.90 Å². The van der Waals surface area contributed by atoms with Gasteiger partial charge in [-0.1, -0.05) is 29.8 Å². The summed E-state index contributed by atoms with van der Waals surface area (Å²) in [7, 11) is 0. The van der Waals surface area contributed by atoms with Gasteiger partial charge in [0.1, 0.15) is 5.02 Å². The molecule has 0 saturated carbocycles. The molecule has 1 N–H and O–H groups in total. The maximum absolute atomic E-state index is 12.6. The molecular formula is C18H21ClN4O3. The van der Waals surface area contributed by atoms with Crippen LogP contribution in [0.3, 0.4) is 0 Å². The van der Waals surface area contributed by atoms with E-state index in [9.17, 15) is 9.59 Å². The van der Waals surface area contributed by atoms with Gasteiger partial charge in [0, 0.05) is 32.6 Å². The summed E-state index contributed by atoms with van der Waals surface area (Å²) in [5.74, 6) is -0.763. The van der Waals surface area contributed by atoms with Crippen LogP contribution in [0.5, 0.6) is 0 Å². The van der Waals surface area contributed by atoms with Crippen molar-refractivity contribution in [1.29, 1.82) is 0 Å². The maximum atomic E-state index is 12.6. The van der Waals surface area contributed by atoms with E-state index in [4.69, 9.17) is 16.7 Å². The molecule has 0 spiro atoms. The molecule has 3 rings (SSSR count). The van der Waals surface area contributed by atoms with Gasteiger partial charge < -0.3 is 10.0 Å². The van der Waals surface area contributed by atoms with Crippen molar-refractivity contribution in [3.63, 3.8) is 0 Å². The average Bonchev–Trinajstić information content (AvgIpc) is 2.65. The minimum absolute atomic E-state index is 0.170. The van der Waals surface area contributed by atoms with Crippen molar-refractivity contribution in [2.45, 2.75) is 12.8 Å². The van der Waals surface area contributed by atoms with Crippen LogP contribution in [0.2, 0.25) is 5.02 Å². The van der Waals surface area contributed by atoms with Crippen LogP contribution in [0.15, 0.2) is 41.3 Å². The fraction of sp³-hybridized carbons (Fsp3) is 0.389. The highest BCUT2D eigenvalue weighted by Gasteiger charge is 2.21. The largest absolute Gasteiger partial charge is 0.481 e. The third-order valence-corrected chi connectivity index (χ3v) is 4.83. The van der Waals surface area contributed by atoms with Crippen molar-refractivity contribution in [2.24, 2.45) is 0 Å². The van der Waals surface area contributed by atoms with E-state index in [1.165, 1.54) is 4.68 Å². The van der Waals surface area contributed by atoms with E-state index in [0.29, 0.717) is 17.8 Å². The minimum atomic E-state index is -0.763. The molecule has 1 saturated heterocycles. The molecule has 8 heteroatoms. The molecule has 1 fully saturated rings. The van der Waals surface area contributed by atoms with E-state index in [0.717, 1.165) is 32.7 Å². The van der Waals surface area contributed by atoms with Gasteiger partial charge in [0.15, 0.2) is 0 Å². The molecule has 7 nitrogen and oxygen atoms in total. The van der Waals surface area contributed by atoms with E-state index in [1.54, 1.807) is 18.3 Å². The highest BCUT2D eigenvalue weighted by atomic mass is 35.5. The van der Waals surface area contributed by atoms with Crippen molar-refractivity contribution in [3.05, 3.63) is 51.9 Å². The van der Waals surface area contributed by atoms with Gasteiger partial charge in [-0.3, -0.25) is 14.5 Å². The predicted molar refractivity (Wildman–Crippen MR) is 100 cm³/mol. The van der Waals surface area contributed by atoms with Gasteiger partial charge >= 0.3 is 5.97 Å². The van der Waals surface area contributed by atoms with Crippen LogP contribution in [-0.4, -0.2) is 58.5 Å². The number of aromatic nitrogens is 2. The lowest BCUT2D eigenvalue weighted by Gasteiger charge is -2.36. The third-order valence-electron chi connectivity index (χ3n) is 4.48. The monoisotopic (exact) mass is 376 g/mol. The minimum Gasteiger partial charge on any atom is -0.481 e. The third kappa shape index (κ3) is 4.23. The fourth-order valence-electron chi connectivity index (χ4n) is 3.06. The Kier molecular flexibility index (Phi) is 5.90. The van der Waals surface area contributed by atoms with E-state index >= 15 is 0 Å². The molecule has 0 unspecified atom stereocenters. The van der Waals surface area contributed by atoms with Gasteiger partial charge in [-0.2, -0.15) is 9.78 Å². The maximum Gasteiger partial charge on any atom is 0.303 e. The number of hydrogen-bond donors (Lipinski definition) is 1. The molecule has 0 radical (unpaired) electrons. The summed E-state index contributed by atoms with van der Waals surface area (Å²) < 4.78 is 1.30. The van der Waals surface area contributed by atoms with Gasteiger partial charge in [0.05, 0.1) is 17.6 Å². The highest BCUT2D eigenvalue weighted by molar-refractivity contribution is 6.33. The summed E-state index contributed by atoms with van der Waals surface area (Å²) in [6.45, 7) is 3.82. The molecule has 1 aliphatic rings. The van der Waals surface area contributed by atoms with Crippen LogP contribution in [0.1, 0.15) is 12.8 Å². The highest BCUT2D eigenvalue weighted by Crippen LogP contribution is 2.23.